The molecule has 4 aromatic rings. The second-order valence-corrected chi connectivity index (χ2v) is 8.64. The summed E-state index contributed by atoms with van der Waals surface area (Å²) in [5, 5.41) is 0. The highest BCUT2D eigenvalue weighted by molar-refractivity contribution is 5.74. The fraction of sp³-hybridized carbons (Fsp3) is 0.200. The molecule has 0 unspecified atom stereocenters. The van der Waals surface area contributed by atoms with Gasteiger partial charge in [-0.2, -0.15) is 0 Å². The number of hydrogen-bond donors (Lipinski definition) is 0. The van der Waals surface area contributed by atoms with Crippen LogP contribution in [0.3, 0.4) is 0 Å². The normalized spacial score (nSPS) is 16.0. The molecule has 0 aromatic heterocycles. The van der Waals surface area contributed by atoms with Gasteiger partial charge in [-0.05, 0) is 49.2 Å². The lowest BCUT2D eigenvalue weighted by atomic mass is 9.72. The van der Waals surface area contributed by atoms with E-state index in [0.29, 0.717) is 0 Å². The molecule has 1 heteroatoms. The molecule has 1 nitrogen and oxygen atoms in total. The summed E-state index contributed by atoms with van der Waals surface area (Å²) in [5.74, 6) is 0. The van der Waals surface area contributed by atoms with Crippen molar-refractivity contribution in [1.29, 1.82) is 0 Å². The third-order valence-corrected chi connectivity index (χ3v) is 7.06. The maximum Gasteiger partial charge on any atom is 0.143 e. The molecule has 1 aliphatic rings. The summed E-state index contributed by atoms with van der Waals surface area (Å²) in [7, 11) is 0. The first-order valence-electron chi connectivity index (χ1n) is 11.5. The largest absolute Gasteiger partial charge is 0.218 e. The summed E-state index contributed by atoms with van der Waals surface area (Å²) in [6.07, 6.45) is 6.14. The molecule has 0 atom stereocenters. The number of nitrogens with zero attached hydrogens (tertiary/aromatic N) is 1. The Morgan fingerprint density at radius 2 is 0.774 bits per heavy atom. The average Bonchev–Trinajstić information content (AvgIpc) is 2.88. The Labute approximate surface area is 186 Å². The fourth-order valence-corrected chi connectivity index (χ4v) is 5.85. The van der Waals surface area contributed by atoms with E-state index in [9.17, 15) is 0 Å². The van der Waals surface area contributed by atoms with Gasteiger partial charge in [-0.3, -0.25) is 0 Å². The van der Waals surface area contributed by atoms with Crippen molar-refractivity contribution in [3.8, 4) is 0 Å². The molecule has 5 rings (SSSR count). The van der Waals surface area contributed by atoms with Crippen molar-refractivity contribution in [2.45, 2.75) is 37.6 Å². The van der Waals surface area contributed by atoms with E-state index < -0.39 is 0 Å². The quantitative estimate of drug-likeness (QED) is 0.292. The van der Waals surface area contributed by atoms with Crippen molar-refractivity contribution in [2.75, 3.05) is 0 Å². The van der Waals surface area contributed by atoms with Crippen LogP contribution in [0.2, 0.25) is 0 Å². The van der Waals surface area contributed by atoms with E-state index in [1.54, 1.807) is 0 Å². The zero-order chi connectivity index (χ0) is 21.0. The first kappa shape index (κ1) is 19.8. The summed E-state index contributed by atoms with van der Waals surface area (Å²) >= 11 is 0. The minimum Gasteiger partial charge on any atom is -0.218 e. The van der Waals surface area contributed by atoms with E-state index in [0.717, 1.165) is 17.3 Å². The highest BCUT2D eigenvalue weighted by Crippen LogP contribution is 2.59. The molecule has 0 heterocycles. The molecular formula is C30H30N+. The van der Waals surface area contributed by atoms with Crippen LogP contribution in [0.25, 0.3) is 0 Å². The van der Waals surface area contributed by atoms with Gasteiger partial charge in [0.1, 0.15) is 22.6 Å². The monoisotopic (exact) mass is 404 g/mol. The average molecular weight is 405 g/mol. The molecule has 1 saturated carbocycles. The lowest BCUT2D eigenvalue weighted by Crippen LogP contribution is -2.58. The van der Waals surface area contributed by atoms with Crippen molar-refractivity contribution in [2.24, 2.45) is 0 Å². The van der Waals surface area contributed by atoms with Crippen LogP contribution in [0, 0.1) is 0 Å². The van der Waals surface area contributed by atoms with Crippen LogP contribution >= 0.6 is 0 Å². The van der Waals surface area contributed by atoms with Crippen LogP contribution in [0.1, 0.15) is 37.7 Å². The number of para-hydroxylation sites is 3. The Balaban J connectivity index is 1.94. The van der Waals surface area contributed by atoms with Crippen LogP contribution < -0.4 is 4.48 Å². The SMILES string of the molecule is c1ccc(C2([N+](c3ccccc3)(c3ccccc3)c3ccccc3)CCCCC2)cc1. The second-order valence-electron chi connectivity index (χ2n) is 8.64. The smallest absolute Gasteiger partial charge is 0.143 e. The molecule has 0 radical (unpaired) electrons. The van der Waals surface area contributed by atoms with Crippen LogP contribution in [0.4, 0.5) is 17.1 Å². The molecule has 154 valence electrons. The van der Waals surface area contributed by atoms with Crippen molar-refractivity contribution in [1.82, 2.24) is 4.48 Å². The van der Waals surface area contributed by atoms with Gasteiger partial charge in [0, 0.05) is 18.4 Å². The van der Waals surface area contributed by atoms with Gasteiger partial charge < -0.3 is 0 Å². The van der Waals surface area contributed by atoms with Crippen molar-refractivity contribution in [3.05, 3.63) is 127 Å². The zero-order valence-corrected chi connectivity index (χ0v) is 18.0. The molecule has 0 bridgehead atoms. The van der Waals surface area contributed by atoms with Gasteiger partial charge in [0.15, 0.2) is 0 Å². The summed E-state index contributed by atoms with van der Waals surface area (Å²) in [6.45, 7) is 0. The lowest BCUT2D eigenvalue weighted by Gasteiger charge is -2.54. The summed E-state index contributed by atoms with van der Waals surface area (Å²) in [6, 6.07) is 44.7. The molecule has 0 N–H and O–H groups in total. The summed E-state index contributed by atoms with van der Waals surface area (Å²) < 4.78 is 0.722. The number of rotatable bonds is 5. The van der Waals surface area contributed by atoms with Gasteiger partial charge >= 0.3 is 0 Å². The third-order valence-electron chi connectivity index (χ3n) is 7.06. The van der Waals surface area contributed by atoms with E-state index in [1.165, 1.54) is 41.9 Å². The molecular weight excluding hydrogens is 374 g/mol. The first-order valence-corrected chi connectivity index (χ1v) is 11.5. The standard InChI is InChI=1S/C30H30N/c1-6-16-26(17-7-1)30(24-14-5-15-25-30)31(27-18-8-2-9-19-27,28-20-10-3-11-21-28)29-22-12-4-13-23-29/h1-4,6-13,16-23H,5,14-15,24-25H2/q+1. The van der Waals surface area contributed by atoms with Gasteiger partial charge in [0.2, 0.25) is 0 Å². The van der Waals surface area contributed by atoms with Crippen LogP contribution in [0.15, 0.2) is 121 Å². The molecule has 0 amide bonds. The minimum absolute atomic E-state index is 0.0659. The van der Waals surface area contributed by atoms with E-state index in [-0.39, 0.29) is 5.54 Å². The van der Waals surface area contributed by atoms with Gasteiger partial charge in [-0.15, -0.1) is 0 Å². The van der Waals surface area contributed by atoms with Gasteiger partial charge in [0.05, 0.1) is 0 Å². The van der Waals surface area contributed by atoms with E-state index in [4.69, 9.17) is 0 Å². The Bertz CT molecular complexity index is 986. The van der Waals surface area contributed by atoms with Gasteiger partial charge in [-0.1, -0.05) is 91.3 Å². The second kappa shape index (κ2) is 8.53. The van der Waals surface area contributed by atoms with Crippen molar-refractivity contribution in [3.63, 3.8) is 0 Å². The highest BCUT2D eigenvalue weighted by atomic mass is 15.4. The van der Waals surface area contributed by atoms with Crippen LogP contribution in [-0.4, -0.2) is 0 Å². The first-order chi connectivity index (χ1) is 15.4. The fourth-order valence-electron chi connectivity index (χ4n) is 5.85. The van der Waals surface area contributed by atoms with Crippen molar-refractivity contribution >= 4 is 17.1 Å². The predicted octanol–water partition coefficient (Wildman–Crippen LogP) is 8.52. The van der Waals surface area contributed by atoms with Crippen molar-refractivity contribution < 1.29 is 0 Å². The van der Waals surface area contributed by atoms with Gasteiger partial charge in [-0.25, -0.2) is 4.48 Å². The van der Waals surface area contributed by atoms with Crippen LogP contribution in [-0.2, 0) is 5.54 Å². The Morgan fingerprint density at radius 3 is 1.16 bits per heavy atom. The summed E-state index contributed by atoms with van der Waals surface area (Å²) in [4.78, 5) is 0. The predicted molar refractivity (Wildman–Crippen MR) is 132 cm³/mol. The van der Waals surface area contributed by atoms with E-state index >= 15 is 0 Å². The van der Waals surface area contributed by atoms with E-state index in [1.807, 2.05) is 0 Å². The Kier molecular flexibility index (Phi) is 5.44. The molecule has 1 aliphatic carbocycles. The van der Waals surface area contributed by atoms with E-state index in [2.05, 4.69) is 121 Å². The number of benzene rings is 4. The van der Waals surface area contributed by atoms with Gasteiger partial charge in [0.25, 0.3) is 0 Å². The number of hydrogen-bond acceptors (Lipinski definition) is 0. The maximum absolute atomic E-state index is 2.35. The van der Waals surface area contributed by atoms with Crippen LogP contribution in [0.5, 0.6) is 0 Å². The Morgan fingerprint density at radius 1 is 0.419 bits per heavy atom. The highest BCUT2D eigenvalue weighted by Gasteiger charge is 2.56. The summed E-state index contributed by atoms with van der Waals surface area (Å²) in [5.41, 5.74) is 5.34. The number of quaternary nitrogens is 1. The minimum atomic E-state index is -0.0659. The molecule has 0 saturated heterocycles. The molecule has 1 fully saturated rings. The zero-order valence-electron chi connectivity index (χ0n) is 18.0. The molecule has 4 aromatic carbocycles. The maximum atomic E-state index is 2.35. The Hall–Kier alpha value is -3.16. The molecule has 0 aliphatic heterocycles. The molecule has 31 heavy (non-hydrogen) atoms. The lowest BCUT2D eigenvalue weighted by molar-refractivity contribution is 0.152. The molecule has 0 spiro atoms. The topological polar surface area (TPSA) is 0 Å². The third kappa shape index (κ3) is 3.21.